The minimum absolute atomic E-state index is 0.174. The largest absolute Gasteiger partial charge is 0.505 e. The molecule has 0 saturated carbocycles. The molecule has 24 heavy (non-hydrogen) atoms. The van der Waals surface area contributed by atoms with Gasteiger partial charge in [-0.1, -0.05) is 55.8 Å². The first-order chi connectivity index (χ1) is 11.8. The quantitative estimate of drug-likeness (QED) is 0.304. The molecule has 1 N–H and O–H groups in total. The Kier molecular flexibility index (Phi) is 5.49. The van der Waals surface area contributed by atoms with Gasteiger partial charge in [-0.05, 0) is 35.8 Å². The molecule has 3 nitrogen and oxygen atoms in total. The van der Waals surface area contributed by atoms with Crippen molar-refractivity contribution in [2.75, 3.05) is 5.75 Å². The number of aromatic hydroxyl groups is 1. The van der Waals surface area contributed by atoms with Gasteiger partial charge in [-0.25, -0.2) is 0 Å². The van der Waals surface area contributed by atoms with E-state index in [4.69, 9.17) is 0 Å². The average Bonchev–Trinajstić information content (AvgIpc) is 2.63. The van der Waals surface area contributed by atoms with Crippen LogP contribution in [0.2, 0.25) is 0 Å². The van der Waals surface area contributed by atoms with Crippen LogP contribution in [0.25, 0.3) is 10.8 Å². The number of phenols is 1. The Morgan fingerprint density at radius 1 is 0.875 bits per heavy atom. The Morgan fingerprint density at radius 2 is 1.62 bits per heavy atom. The maximum Gasteiger partial charge on any atom is 0.150 e. The van der Waals surface area contributed by atoms with Crippen LogP contribution in [0.5, 0.6) is 5.75 Å². The van der Waals surface area contributed by atoms with Crippen LogP contribution in [0.1, 0.15) is 19.8 Å². The van der Waals surface area contributed by atoms with Crippen molar-refractivity contribution in [2.45, 2.75) is 24.7 Å². The molecule has 0 bridgehead atoms. The molecule has 0 aliphatic carbocycles. The van der Waals surface area contributed by atoms with Gasteiger partial charge >= 0.3 is 0 Å². The number of hydrogen-bond acceptors (Lipinski definition) is 4. The summed E-state index contributed by atoms with van der Waals surface area (Å²) in [6, 6.07) is 19.5. The highest BCUT2D eigenvalue weighted by molar-refractivity contribution is 7.99. The van der Waals surface area contributed by atoms with E-state index in [0.717, 1.165) is 27.1 Å². The molecule has 0 aliphatic heterocycles. The van der Waals surface area contributed by atoms with Crippen molar-refractivity contribution in [3.8, 4) is 5.75 Å². The van der Waals surface area contributed by atoms with Crippen molar-refractivity contribution in [1.82, 2.24) is 0 Å². The molecule has 3 aromatic rings. The molecule has 0 fully saturated rings. The Hall–Kier alpha value is -2.33. The number of hydrogen-bond donors (Lipinski definition) is 1. The van der Waals surface area contributed by atoms with E-state index in [1.807, 2.05) is 48.5 Å². The first-order valence-electron chi connectivity index (χ1n) is 8.14. The Morgan fingerprint density at radius 3 is 2.50 bits per heavy atom. The fourth-order valence-electron chi connectivity index (χ4n) is 2.42. The number of phenolic OH excluding ortho intramolecular Hbond substituents is 1. The topological polar surface area (TPSA) is 45.0 Å². The molecule has 0 radical (unpaired) electrons. The van der Waals surface area contributed by atoms with Crippen molar-refractivity contribution >= 4 is 33.9 Å². The molecule has 3 aromatic carbocycles. The highest BCUT2D eigenvalue weighted by Crippen LogP contribution is 2.37. The van der Waals surface area contributed by atoms with Crippen LogP contribution in [-0.2, 0) is 0 Å². The number of rotatable bonds is 6. The fraction of sp³-hybridized carbons (Fsp3) is 0.200. The lowest BCUT2D eigenvalue weighted by Crippen LogP contribution is -1.79. The molecule has 0 unspecified atom stereocenters. The van der Waals surface area contributed by atoms with Gasteiger partial charge in [0.1, 0.15) is 5.69 Å². The number of thioether (sulfide) groups is 1. The van der Waals surface area contributed by atoms with Gasteiger partial charge in [-0.2, -0.15) is 0 Å². The molecule has 0 spiro atoms. The third-order valence-electron chi connectivity index (χ3n) is 3.77. The average molecular weight is 336 g/mol. The third kappa shape index (κ3) is 3.77. The maximum atomic E-state index is 10.4. The standard InChI is InChI=1S/C20H20N2OS/c1-2-3-14-24-19-11-7-6-10-17(19)21-22-18-13-12-15-8-4-5-9-16(15)20(18)23/h4-13,23H,2-3,14H2,1H3. The summed E-state index contributed by atoms with van der Waals surface area (Å²) < 4.78 is 0. The van der Waals surface area contributed by atoms with Crippen LogP contribution in [-0.4, -0.2) is 10.9 Å². The first-order valence-corrected chi connectivity index (χ1v) is 9.12. The molecule has 0 aliphatic rings. The zero-order chi connectivity index (χ0) is 16.8. The molecule has 0 heterocycles. The molecule has 4 heteroatoms. The SMILES string of the molecule is CCCCSc1ccccc1N=Nc1ccc2ccccc2c1O. The number of azo groups is 1. The van der Waals surface area contributed by atoms with Crippen LogP contribution in [0.15, 0.2) is 75.8 Å². The predicted octanol–water partition coefficient (Wildman–Crippen LogP) is 6.85. The number of benzene rings is 3. The Bertz CT molecular complexity index is 861. The summed E-state index contributed by atoms with van der Waals surface area (Å²) in [5.41, 5.74) is 1.33. The second-order valence-corrected chi connectivity index (χ2v) is 6.66. The van der Waals surface area contributed by atoms with E-state index in [1.54, 1.807) is 17.8 Å². The van der Waals surface area contributed by atoms with Crippen LogP contribution >= 0.6 is 11.8 Å². The summed E-state index contributed by atoms with van der Waals surface area (Å²) in [6.07, 6.45) is 2.36. The minimum atomic E-state index is 0.174. The summed E-state index contributed by atoms with van der Waals surface area (Å²) in [5, 5.41) is 20.8. The van der Waals surface area contributed by atoms with E-state index in [1.165, 1.54) is 12.8 Å². The summed E-state index contributed by atoms with van der Waals surface area (Å²) in [6.45, 7) is 2.19. The highest BCUT2D eigenvalue weighted by atomic mass is 32.2. The zero-order valence-corrected chi connectivity index (χ0v) is 14.5. The van der Waals surface area contributed by atoms with E-state index < -0.39 is 0 Å². The van der Waals surface area contributed by atoms with Gasteiger partial charge in [0, 0.05) is 10.3 Å². The molecular weight excluding hydrogens is 316 g/mol. The number of nitrogens with zero attached hydrogens (tertiary/aromatic N) is 2. The van der Waals surface area contributed by atoms with E-state index in [-0.39, 0.29) is 5.75 Å². The van der Waals surface area contributed by atoms with E-state index >= 15 is 0 Å². The van der Waals surface area contributed by atoms with Crippen LogP contribution in [0, 0.1) is 0 Å². The lowest BCUT2D eigenvalue weighted by molar-refractivity contribution is 0.482. The summed E-state index contributed by atoms with van der Waals surface area (Å²) in [5.74, 6) is 1.25. The lowest BCUT2D eigenvalue weighted by Gasteiger charge is -2.05. The van der Waals surface area contributed by atoms with Gasteiger partial charge in [-0.15, -0.1) is 22.0 Å². The van der Waals surface area contributed by atoms with E-state index in [0.29, 0.717) is 5.69 Å². The number of unbranched alkanes of at least 4 members (excludes halogenated alkanes) is 1. The highest BCUT2D eigenvalue weighted by Gasteiger charge is 2.06. The third-order valence-corrected chi connectivity index (χ3v) is 4.91. The first kappa shape index (κ1) is 16.5. The molecule has 122 valence electrons. The smallest absolute Gasteiger partial charge is 0.150 e. The molecule has 0 aromatic heterocycles. The normalized spacial score (nSPS) is 11.4. The molecule has 0 amide bonds. The molecule has 0 atom stereocenters. The summed E-state index contributed by atoms with van der Waals surface area (Å²) in [4.78, 5) is 1.12. The van der Waals surface area contributed by atoms with Gasteiger partial charge in [-0.3, -0.25) is 0 Å². The predicted molar refractivity (Wildman–Crippen MR) is 102 cm³/mol. The van der Waals surface area contributed by atoms with Crippen molar-refractivity contribution in [3.05, 3.63) is 60.7 Å². The maximum absolute atomic E-state index is 10.4. The van der Waals surface area contributed by atoms with Crippen molar-refractivity contribution in [2.24, 2.45) is 10.2 Å². The van der Waals surface area contributed by atoms with Crippen LogP contribution < -0.4 is 0 Å². The van der Waals surface area contributed by atoms with Gasteiger partial charge in [0.25, 0.3) is 0 Å². The molecule has 3 rings (SSSR count). The summed E-state index contributed by atoms with van der Waals surface area (Å²) >= 11 is 1.80. The Balaban J connectivity index is 1.87. The van der Waals surface area contributed by atoms with Crippen molar-refractivity contribution in [1.29, 1.82) is 0 Å². The van der Waals surface area contributed by atoms with Gasteiger partial charge in [0.2, 0.25) is 0 Å². The van der Waals surface area contributed by atoms with E-state index in [2.05, 4.69) is 23.2 Å². The Labute approximate surface area is 146 Å². The van der Waals surface area contributed by atoms with Crippen molar-refractivity contribution in [3.63, 3.8) is 0 Å². The summed E-state index contributed by atoms with van der Waals surface area (Å²) in [7, 11) is 0. The second-order valence-electron chi connectivity index (χ2n) is 5.52. The monoisotopic (exact) mass is 336 g/mol. The van der Waals surface area contributed by atoms with Gasteiger partial charge < -0.3 is 5.11 Å². The second kappa shape index (κ2) is 7.97. The number of fused-ring (bicyclic) bond motifs is 1. The minimum Gasteiger partial charge on any atom is -0.505 e. The fourth-order valence-corrected chi connectivity index (χ4v) is 3.50. The zero-order valence-electron chi connectivity index (χ0n) is 13.6. The molecular formula is C20H20N2OS. The van der Waals surface area contributed by atoms with Crippen LogP contribution in [0.3, 0.4) is 0 Å². The van der Waals surface area contributed by atoms with Crippen molar-refractivity contribution < 1.29 is 5.11 Å². The van der Waals surface area contributed by atoms with Gasteiger partial charge in [0.15, 0.2) is 5.75 Å². The van der Waals surface area contributed by atoms with Crippen LogP contribution in [0.4, 0.5) is 11.4 Å². The lowest BCUT2D eigenvalue weighted by atomic mass is 10.1. The molecule has 0 saturated heterocycles. The van der Waals surface area contributed by atoms with E-state index in [9.17, 15) is 5.11 Å². The van der Waals surface area contributed by atoms with Gasteiger partial charge in [0.05, 0.1) is 5.69 Å².